The number of benzene rings is 2. The van der Waals surface area contributed by atoms with Gasteiger partial charge in [-0.05, 0) is 18.5 Å². The average Bonchev–Trinajstić information content (AvgIpc) is 2.90. The Morgan fingerprint density at radius 3 is 2.47 bits per heavy atom. The Balaban J connectivity index is 1.59. The number of carboxylic acid groups (broad SMARTS) is 1. The number of carbonyl (C=O) groups is 1. The molecule has 36 heavy (non-hydrogen) atoms. The highest BCUT2D eigenvalue weighted by Crippen LogP contribution is 2.39. The molecule has 2 aliphatic heterocycles. The third-order valence-corrected chi connectivity index (χ3v) is 6.34. The van der Waals surface area contributed by atoms with E-state index in [4.69, 9.17) is 23.7 Å². The molecule has 2 fully saturated rings. The number of carboxylic acids is 1. The van der Waals surface area contributed by atoms with Gasteiger partial charge in [0.1, 0.15) is 24.9 Å². The van der Waals surface area contributed by atoms with Crippen LogP contribution in [0.25, 0.3) is 0 Å². The number of aliphatic carboxylic acids is 1. The molecule has 2 aromatic carbocycles. The van der Waals surface area contributed by atoms with E-state index < -0.39 is 49.2 Å². The van der Waals surface area contributed by atoms with E-state index in [1.54, 1.807) is 0 Å². The van der Waals surface area contributed by atoms with Crippen molar-refractivity contribution in [1.82, 2.24) is 5.32 Å². The number of hydrogen-bond acceptors (Lipinski definition) is 8. The molecule has 2 aromatic rings. The largest absolute Gasteiger partial charge is 0.480 e. The molecule has 4 rings (SSSR count). The van der Waals surface area contributed by atoms with Gasteiger partial charge in [-0.1, -0.05) is 80.4 Å². The second kappa shape index (κ2) is 12.7. The van der Waals surface area contributed by atoms with Crippen molar-refractivity contribution in [1.29, 1.82) is 0 Å². The Labute approximate surface area is 211 Å². The monoisotopic (exact) mass is 501 g/mol. The summed E-state index contributed by atoms with van der Waals surface area (Å²) in [5.74, 6) is -1.15. The van der Waals surface area contributed by atoms with Crippen LogP contribution in [-0.2, 0) is 35.1 Å². The van der Waals surface area contributed by atoms with E-state index in [0.717, 1.165) is 30.4 Å². The molecule has 2 aliphatic rings. The molecule has 6 atom stereocenters. The summed E-state index contributed by atoms with van der Waals surface area (Å²) >= 11 is 0. The Morgan fingerprint density at radius 1 is 1.06 bits per heavy atom. The van der Waals surface area contributed by atoms with Gasteiger partial charge in [0.25, 0.3) is 0 Å². The van der Waals surface area contributed by atoms with Crippen LogP contribution >= 0.6 is 0 Å². The molecular weight excluding hydrogens is 466 g/mol. The zero-order valence-corrected chi connectivity index (χ0v) is 20.5. The van der Waals surface area contributed by atoms with E-state index in [2.05, 4.69) is 12.2 Å². The summed E-state index contributed by atoms with van der Waals surface area (Å²) in [6, 6.07) is 18.9. The van der Waals surface area contributed by atoms with Crippen LogP contribution in [0.1, 0.15) is 43.6 Å². The molecule has 1 unspecified atom stereocenters. The van der Waals surface area contributed by atoms with E-state index in [-0.39, 0.29) is 13.2 Å². The highest BCUT2D eigenvalue weighted by molar-refractivity contribution is 5.68. The maximum absolute atomic E-state index is 12.0. The first-order chi connectivity index (χ1) is 17.5. The number of aliphatic hydroxyl groups is 1. The molecular formula is C27H35NO8. The second-order valence-electron chi connectivity index (χ2n) is 9.06. The number of hydrogen-bond donors (Lipinski definition) is 3. The summed E-state index contributed by atoms with van der Waals surface area (Å²) in [5, 5.41) is 24.5. The van der Waals surface area contributed by atoms with Crippen molar-refractivity contribution in [3.8, 4) is 0 Å². The summed E-state index contributed by atoms with van der Waals surface area (Å²) in [4.78, 5) is 11.4. The predicted octanol–water partition coefficient (Wildman–Crippen LogP) is 2.98. The zero-order chi connectivity index (χ0) is 25.4. The van der Waals surface area contributed by atoms with E-state index >= 15 is 0 Å². The van der Waals surface area contributed by atoms with Gasteiger partial charge in [0.05, 0.1) is 13.2 Å². The summed E-state index contributed by atoms with van der Waals surface area (Å²) in [6.45, 7) is 2.28. The van der Waals surface area contributed by atoms with Crippen LogP contribution in [0.5, 0.6) is 0 Å². The van der Waals surface area contributed by atoms with Crippen molar-refractivity contribution >= 4 is 5.97 Å². The standard InChI is InChI=1S/C27H35NO8/c1-2-3-10-15-28-27(31)24(32-18-22(29)30)23-21(17-33-25(36-23)20-13-8-5-9-14-20)35-26(27)34-16-19-11-6-4-7-12-19/h4-9,11-14,21,23-26,28,31H,2-3,10,15-18H2,1H3,(H,29,30)/t21-,23-,24+,25?,26+,27-/m1/s1. The zero-order valence-electron chi connectivity index (χ0n) is 20.5. The molecule has 3 N–H and O–H groups in total. The van der Waals surface area contributed by atoms with Crippen molar-refractivity contribution in [3.63, 3.8) is 0 Å². The van der Waals surface area contributed by atoms with E-state index in [1.165, 1.54) is 0 Å². The summed E-state index contributed by atoms with van der Waals surface area (Å²) < 4.78 is 30.2. The number of rotatable bonds is 12. The Bertz CT molecular complexity index is 945. The summed E-state index contributed by atoms with van der Waals surface area (Å²) in [7, 11) is 0. The Kier molecular flexibility index (Phi) is 9.44. The minimum Gasteiger partial charge on any atom is -0.480 e. The van der Waals surface area contributed by atoms with Gasteiger partial charge in [-0.2, -0.15) is 0 Å². The van der Waals surface area contributed by atoms with Crippen molar-refractivity contribution in [3.05, 3.63) is 71.8 Å². The highest BCUT2D eigenvalue weighted by atomic mass is 16.8. The molecule has 9 heteroatoms. The van der Waals surface area contributed by atoms with Crippen LogP contribution in [-0.4, -0.2) is 66.3 Å². The van der Waals surface area contributed by atoms with E-state index in [1.807, 2.05) is 60.7 Å². The van der Waals surface area contributed by atoms with Crippen LogP contribution in [0.2, 0.25) is 0 Å². The van der Waals surface area contributed by atoms with Gasteiger partial charge in [0, 0.05) is 5.56 Å². The minimum absolute atomic E-state index is 0.161. The molecule has 0 amide bonds. The lowest BCUT2D eigenvalue weighted by molar-refractivity contribution is -0.398. The van der Waals surface area contributed by atoms with Crippen LogP contribution in [0, 0.1) is 0 Å². The van der Waals surface area contributed by atoms with Gasteiger partial charge >= 0.3 is 5.97 Å². The smallest absolute Gasteiger partial charge is 0.329 e. The lowest BCUT2D eigenvalue weighted by Gasteiger charge is -2.53. The van der Waals surface area contributed by atoms with Crippen molar-refractivity contribution in [2.45, 2.75) is 69.4 Å². The highest BCUT2D eigenvalue weighted by Gasteiger charge is 2.59. The fourth-order valence-electron chi connectivity index (χ4n) is 4.50. The topological polar surface area (TPSA) is 116 Å². The first-order valence-electron chi connectivity index (χ1n) is 12.4. The normalized spacial score (nSPS) is 30.0. The number of nitrogens with one attached hydrogen (secondary N) is 1. The number of fused-ring (bicyclic) bond motifs is 1. The molecule has 196 valence electrons. The van der Waals surface area contributed by atoms with Crippen molar-refractivity contribution in [2.24, 2.45) is 0 Å². The van der Waals surface area contributed by atoms with E-state index in [9.17, 15) is 15.0 Å². The third-order valence-electron chi connectivity index (χ3n) is 6.34. The molecule has 0 aromatic heterocycles. The van der Waals surface area contributed by atoms with Crippen molar-refractivity contribution < 1.29 is 38.7 Å². The maximum atomic E-state index is 12.0. The SMILES string of the molecule is CCCCCN[C@]1(O)[C@@H](OCc2ccccc2)O[C@@H]2COC(c3ccccc3)O[C@H]2[C@@H]1OCC(=O)O. The van der Waals surface area contributed by atoms with Gasteiger partial charge < -0.3 is 33.9 Å². The van der Waals surface area contributed by atoms with Crippen LogP contribution < -0.4 is 5.32 Å². The molecule has 9 nitrogen and oxygen atoms in total. The molecule has 0 saturated carbocycles. The summed E-state index contributed by atoms with van der Waals surface area (Å²) in [6.07, 6.45) is -1.62. The Hall–Kier alpha value is -2.37. The molecule has 0 aliphatic carbocycles. The van der Waals surface area contributed by atoms with Crippen LogP contribution in [0.15, 0.2) is 60.7 Å². The van der Waals surface area contributed by atoms with Gasteiger partial charge in [0.2, 0.25) is 6.29 Å². The lowest BCUT2D eigenvalue weighted by atomic mass is 9.91. The van der Waals surface area contributed by atoms with Crippen LogP contribution in [0.4, 0.5) is 0 Å². The van der Waals surface area contributed by atoms with Gasteiger partial charge in [-0.3, -0.25) is 5.32 Å². The lowest BCUT2D eigenvalue weighted by Crippen LogP contribution is -2.75. The first kappa shape index (κ1) is 26.7. The predicted molar refractivity (Wildman–Crippen MR) is 130 cm³/mol. The molecule has 0 spiro atoms. The van der Waals surface area contributed by atoms with Gasteiger partial charge in [-0.25, -0.2) is 4.79 Å². The van der Waals surface area contributed by atoms with Gasteiger partial charge in [0.15, 0.2) is 12.0 Å². The fourth-order valence-corrected chi connectivity index (χ4v) is 4.50. The second-order valence-corrected chi connectivity index (χ2v) is 9.06. The third kappa shape index (κ3) is 6.49. The van der Waals surface area contributed by atoms with E-state index in [0.29, 0.717) is 6.54 Å². The number of ether oxygens (including phenoxy) is 5. The molecule has 0 bridgehead atoms. The Morgan fingerprint density at radius 2 is 1.78 bits per heavy atom. The number of unbranched alkanes of at least 4 members (excludes halogenated alkanes) is 2. The van der Waals surface area contributed by atoms with Crippen LogP contribution in [0.3, 0.4) is 0 Å². The fraction of sp³-hybridized carbons (Fsp3) is 0.519. The molecule has 2 heterocycles. The molecule has 2 saturated heterocycles. The summed E-state index contributed by atoms with van der Waals surface area (Å²) in [5.41, 5.74) is -0.160. The van der Waals surface area contributed by atoms with Gasteiger partial charge in [-0.15, -0.1) is 0 Å². The maximum Gasteiger partial charge on any atom is 0.329 e. The molecule has 0 radical (unpaired) electrons. The average molecular weight is 502 g/mol. The first-order valence-corrected chi connectivity index (χ1v) is 12.4. The quantitative estimate of drug-likeness (QED) is 0.298. The minimum atomic E-state index is -1.86. The van der Waals surface area contributed by atoms with Crippen molar-refractivity contribution in [2.75, 3.05) is 19.8 Å².